The summed E-state index contributed by atoms with van der Waals surface area (Å²) >= 11 is 2.21. The zero-order valence-corrected chi connectivity index (χ0v) is 11.7. The van der Waals surface area contributed by atoms with Crippen LogP contribution in [-0.4, -0.2) is 15.6 Å². The zero-order valence-electron chi connectivity index (χ0n) is 9.51. The van der Waals surface area contributed by atoms with Crippen molar-refractivity contribution in [2.75, 3.05) is 4.43 Å². The Kier molecular flexibility index (Phi) is 4.57. The second-order valence-electron chi connectivity index (χ2n) is 4.08. The van der Waals surface area contributed by atoms with Crippen LogP contribution in [0.25, 0.3) is 11.1 Å². The van der Waals surface area contributed by atoms with E-state index in [1.54, 1.807) is 0 Å². The molecule has 0 aliphatic carbocycles. The van der Waals surface area contributed by atoms with Gasteiger partial charge in [0.25, 0.3) is 0 Å². The average molecular weight is 338 g/mol. The highest BCUT2D eigenvalue weighted by Crippen LogP contribution is 2.19. The predicted molar refractivity (Wildman–Crippen MR) is 80.5 cm³/mol. The van der Waals surface area contributed by atoms with Crippen molar-refractivity contribution in [3.05, 3.63) is 60.2 Å². The minimum absolute atomic E-state index is 0.238. The standard InChI is InChI=1S/C15H15IO/c16-11-15(17)10-12-6-8-14(9-7-12)13-4-2-1-3-5-13/h1-9,15,17H,10-11H2/t15-/m0/s1. The Morgan fingerprint density at radius 3 is 2.06 bits per heavy atom. The van der Waals surface area contributed by atoms with Gasteiger partial charge in [-0.05, 0) is 23.1 Å². The van der Waals surface area contributed by atoms with Crippen molar-refractivity contribution in [2.24, 2.45) is 0 Å². The summed E-state index contributed by atoms with van der Waals surface area (Å²) < 4.78 is 0.776. The van der Waals surface area contributed by atoms with Gasteiger partial charge in [-0.15, -0.1) is 0 Å². The molecule has 0 bridgehead atoms. The van der Waals surface area contributed by atoms with Gasteiger partial charge >= 0.3 is 0 Å². The molecule has 0 radical (unpaired) electrons. The van der Waals surface area contributed by atoms with Crippen molar-refractivity contribution in [2.45, 2.75) is 12.5 Å². The lowest BCUT2D eigenvalue weighted by atomic mass is 10.0. The van der Waals surface area contributed by atoms with E-state index >= 15 is 0 Å². The Hall–Kier alpha value is -0.870. The molecular formula is C15H15IO. The number of rotatable bonds is 4. The predicted octanol–water partition coefficient (Wildman–Crippen LogP) is 3.69. The van der Waals surface area contributed by atoms with Crippen molar-refractivity contribution >= 4 is 22.6 Å². The summed E-state index contributed by atoms with van der Waals surface area (Å²) in [5, 5.41) is 9.59. The summed E-state index contributed by atoms with van der Waals surface area (Å²) in [6, 6.07) is 18.7. The van der Waals surface area contributed by atoms with E-state index < -0.39 is 0 Å². The van der Waals surface area contributed by atoms with E-state index in [2.05, 4.69) is 59.0 Å². The van der Waals surface area contributed by atoms with Crippen LogP contribution < -0.4 is 0 Å². The number of halogens is 1. The van der Waals surface area contributed by atoms with Gasteiger partial charge in [-0.25, -0.2) is 0 Å². The average Bonchev–Trinajstić information content (AvgIpc) is 2.40. The Balaban J connectivity index is 2.13. The largest absolute Gasteiger partial charge is 0.392 e. The summed E-state index contributed by atoms with van der Waals surface area (Å²) in [4.78, 5) is 0. The molecule has 1 nitrogen and oxygen atoms in total. The second-order valence-corrected chi connectivity index (χ2v) is 4.96. The molecule has 0 saturated heterocycles. The van der Waals surface area contributed by atoms with E-state index in [1.165, 1.54) is 16.7 Å². The first-order valence-corrected chi connectivity index (χ1v) is 7.20. The number of benzene rings is 2. The molecule has 0 aliphatic heterocycles. The van der Waals surface area contributed by atoms with Crippen LogP contribution in [0.5, 0.6) is 0 Å². The highest BCUT2D eigenvalue weighted by Gasteiger charge is 2.03. The van der Waals surface area contributed by atoms with Gasteiger partial charge in [0.2, 0.25) is 0 Å². The van der Waals surface area contributed by atoms with Crippen molar-refractivity contribution in [3.8, 4) is 11.1 Å². The first-order chi connectivity index (χ1) is 8.29. The van der Waals surface area contributed by atoms with Gasteiger partial charge in [0, 0.05) is 4.43 Å². The van der Waals surface area contributed by atoms with E-state index in [0.717, 1.165) is 10.8 Å². The summed E-state index contributed by atoms with van der Waals surface area (Å²) in [5.41, 5.74) is 3.64. The monoisotopic (exact) mass is 338 g/mol. The number of aliphatic hydroxyl groups excluding tert-OH is 1. The van der Waals surface area contributed by atoms with E-state index in [0.29, 0.717) is 0 Å². The Bertz CT molecular complexity index is 450. The lowest BCUT2D eigenvalue weighted by molar-refractivity contribution is 0.203. The van der Waals surface area contributed by atoms with Crippen molar-refractivity contribution < 1.29 is 5.11 Å². The molecule has 0 unspecified atom stereocenters. The summed E-state index contributed by atoms with van der Waals surface area (Å²) in [5.74, 6) is 0. The van der Waals surface area contributed by atoms with Crippen LogP contribution in [-0.2, 0) is 6.42 Å². The highest BCUT2D eigenvalue weighted by molar-refractivity contribution is 14.1. The lowest BCUT2D eigenvalue weighted by Crippen LogP contribution is -2.11. The van der Waals surface area contributed by atoms with Crippen LogP contribution in [0, 0.1) is 0 Å². The van der Waals surface area contributed by atoms with Crippen LogP contribution >= 0.6 is 22.6 Å². The first-order valence-electron chi connectivity index (χ1n) is 5.68. The minimum atomic E-state index is -0.238. The minimum Gasteiger partial charge on any atom is -0.392 e. The molecule has 0 spiro atoms. The molecule has 2 aromatic carbocycles. The molecule has 0 aliphatic rings. The number of alkyl halides is 1. The van der Waals surface area contributed by atoms with Crippen molar-refractivity contribution in [3.63, 3.8) is 0 Å². The van der Waals surface area contributed by atoms with Gasteiger partial charge in [-0.1, -0.05) is 77.2 Å². The van der Waals surface area contributed by atoms with Gasteiger partial charge in [0.15, 0.2) is 0 Å². The molecule has 0 aromatic heterocycles. The van der Waals surface area contributed by atoms with Crippen LogP contribution in [0.2, 0.25) is 0 Å². The number of hydrogen-bond acceptors (Lipinski definition) is 1. The Morgan fingerprint density at radius 1 is 0.882 bits per heavy atom. The van der Waals surface area contributed by atoms with Crippen LogP contribution in [0.15, 0.2) is 54.6 Å². The molecular weight excluding hydrogens is 323 g/mol. The maximum atomic E-state index is 9.59. The van der Waals surface area contributed by atoms with Crippen LogP contribution in [0.3, 0.4) is 0 Å². The second kappa shape index (κ2) is 6.17. The van der Waals surface area contributed by atoms with Gasteiger partial charge in [0.1, 0.15) is 0 Å². The van der Waals surface area contributed by atoms with E-state index in [4.69, 9.17) is 0 Å². The molecule has 2 rings (SSSR count). The maximum Gasteiger partial charge on any atom is 0.0669 e. The summed E-state index contributed by atoms with van der Waals surface area (Å²) in [6.45, 7) is 0. The molecule has 2 heteroatoms. The third kappa shape index (κ3) is 3.54. The smallest absolute Gasteiger partial charge is 0.0669 e. The Labute approximate surface area is 116 Å². The maximum absolute atomic E-state index is 9.59. The molecule has 17 heavy (non-hydrogen) atoms. The zero-order chi connectivity index (χ0) is 12.1. The molecule has 88 valence electrons. The molecule has 1 atom stereocenters. The molecule has 2 aromatic rings. The fourth-order valence-corrected chi connectivity index (χ4v) is 2.10. The van der Waals surface area contributed by atoms with Gasteiger partial charge in [0.05, 0.1) is 6.10 Å². The molecule has 0 heterocycles. The summed E-state index contributed by atoms with van der Waals surface area (Å²) in [6.07, 6.45) is 0.496. The summed E-state index contributed by atoms with van der Waals surface area (Å²) in [7, 11) is 0. The molecule has 0 amide bonds. The number of aliphatic hydroxyl groups is 1. The molecule has 0 fully saturated rings. The SMILES string of the molecule is O[C@H](CI)Cc1ccc(-c2ccccc2)cc1. The van der Waals surface area contributed by atoms with E-state index in [9.17, 15) is 5.11 Å². The fourth-order valence-electron chi connectivity index (χ4n) is 1.79. The normalized spacial score (nSPS) is 12.4. The fraction of sp³-hybridized carbons (Fsp3) is 0.200. The highest BCUT2D eigenvalue weighted by atomic mass is 127. The van der Waals surface area contributed by atoms with E-state index in [1.807, 2.05) is 18.2 Å². The third-order valence-corrected chi connectivity index (χ3v) is 3.73. The van der Waals surface area contributed by atoms with Crippen LogP contribution in [0.1, 0.15) is 5.56 Å². The Morgan fingerprint density at radius 2 is 1.47 bits per heavy atom. The molecule has 0 saturated carbocycles. The van der Waals surface area contributed by atoms with Gasteiger partial charge in [-0.2, -0.15) is 0 Å². The quantitative estimate of drug-likeness (QED) is 0.666. The lowest BCUT2D eigenvalue weighted by Gasteiger charge is -2.08. The first kappa shape index (κ1) is 12.6. The van der Waals surface area contributed by atoms with E-state index in [-0.39, 0.29) is 6.10 Å². The van der Waals surface area contributed by atoms with Crippen LogP contribution in [0.4, 0.5) is 0 Å². The molecule has 1 N–H and O–H groups in total. The van der Waals surface area contributed by atoms with Gasteiger partial charge in [-0.3, -0.25) is 0 Å². The number of hydrogen-bond donors (Lipinski definition) is 1. The van der Waals surface area contributed by atoms with Gasteiger partial charge < -0.3 is 5.11 Å². The van der Waals surface area contributed by atoms with Crippen molar-refractivity contribution in [1.29, 1.82) is 0 Å². The topological polar surface area (TPSA) is 20.2 Å². The van der Waals surface area contributed by atoms with Crippen molar-refractivity contribution in [1.82, 2.24) is 0 Å². The third-order valence-electron chi connectivity index (χ3n) is 2.71.